The zero-order chi connectivity index (χ0) is 66.6. The summed E-state index contributed by atoms with van der Waals surface area (Å²) in [7, 11) is 3.72. The van der Waals surface area contributed by atoms with Crippen LogP contribution in [0.15, 0.2) is 72.1 Å². The lowest BCUT2D eigenvalue weighted by atomic mass is 9.67. The number of anilines is 1. The Bertz CT molecular complexity index is 3060. The van der Waals surface area contributed by atoms with Crippen molar-refractivity contribution in [1.82, 2.24) is 41.4 Å². The van der Waals surface area contributed by atoms with Crippen LogP contribution in [0.1, 0.15) is 164 Å². The molecule has 3 aliphatic rings. The molecule has 2 aliphatic heterocycles. The van der Waals surface area contributed by atoms with E-state index >= 15 is 0 Å². The first-order chi connectivity index (χ1) is 43.2. The minimum absolute atomic E-state index is 0.0771. The summed E-state index contributed by atoms with van der Waals surface area (Å²) in [5.41, 5.74) is 6.24. The third kappa shape index (κ3) is 20.2. The molecule has 9 N–H and O–H groups in total. The molecule has 0 spiro atoms. The molecule has 496 valence electrons. The highest BCUT2D eigenvalue weighted by atomic mass is 32.1. The average Bonchev–Trinajstić information content (AvgIpc) is 1.30. The van der Waals surface area contributed by atoms with Gasteiger partial charge in [-0.1, -0.05) is 89.9 Å². The molecule has 10 amide bonds. The number of carbonyl (C=O) groups is 11. The maximum Gasteiger partial charge on any atom is 0.312 e. The van der Waals surface area contributed by atoms with Gasteiger partial charge in [0.2, 0.25) is 23.6 Å². The van der Waals surface area contributed by atoms with Crippen molar-refractivity contribution in [3.8, 4) is 0 Å². The van der Waals surface area contributed by atoms with Crippen molar-refractivity contribution < 1.29 is 67.1 Å². The number of aliphatic carboxylic acids is 1. The fourth-order valence-corrected chi connectivity index (χ4v) is 13.1. The van der Waals surface area contributed by atoms with Crippen molar-refractivity contribution in [1.29, 1.82) is 0 Å². The summed E-state index contributed by atoms with van der Waals surface area (Å²) in [6.07, 6.45) is 8.45. The average molecular weight is 1280 g/mol. The van der Waals surface area contributed by atoms with E-state index in [9.17, 15) is 57.8 Å². The Morgan fingerprint density at radius 1 is 0.835 bits per heavy atom. The van der Waals surface area contributed by atoms with Crippen molar-refractivity contribution in [3.05, 3.63) is 94.0 Å². The second kappa shape index (κ2) is 33.8. The predicted octanol–water partition coefficient (Wildman–Crippen LogP) is 6.06. The number of hydrogen-bond donors (Lipinski definition) is 8. The van der Waals surface area contributed by atoms with Gasteiger partial charge in [0.25, 0.3) is 23.6 Å². The van der Waals surface area contributed by atoms with Gasteiger partial charge in [-0.3, -0.25) is 52.8 Å². The molecule has 2 aromatic carbocycles. The molecule has 1 saturated carbocycles. The number of unbranched alkanes of at least 4 members (excludes halogenated alkanes) is 2. The lowest BCUT2D eigenvalue weighted by Gasteiger charge is -2.44. The first kappa shape index (κ1) is 72.0. The monoisotopic (exact) mass is 1280 g/mol. The fourth-order valence-electron chi connectivity index (χ4n) is 12.2. The molecule has 1 saturated heterocycles. The maximum absolute atomic E-state index is 14.9. The molecular formula is C66H94N11O13S+. The number of likely N-dealkylation sites (tertiary alicyclic amines) is 1. The van der Waals surface area contributed by atoms with Crippen molar-refractivity contribution in [3.63, 3.8) is 0 Å². The Morgan fingerprint density at radius 2 is 1.52 bits per heavy atom. The molecule has 3 unspecified atom stereocenters. The zero-order valence-corrected chi connectivity index (χ0v) is 54.7. The number of urea groups is 1. The number of likely N-dealkylation sites (N-methyl/N-ethyl adjacent to an activating group) is 2. The summed E-state index contributed by atoms with van der Waals surface area (Å²) in [6, 6.07) is 12.4. The number of hydrogen-bond acceptors (Lipinski definition) is 14. The normalized spacial score (nSPS) is 19.1. The number of aromatic nitrogens is 1. The maximum atomic E-state index is 14.9. The quantitative estimate of drug-likeness (QED) is 0.0109. The highest BCUT2D eigenvalue weighted by Crippen LogP contribution is 2.42. The number of benzene rings is 2. The highest BCUT2D eigenvalue weighted by Gasteiger charge is 2.51. The number of primary amides is 1. The number of piperidine rings is 1. The Labute approximate surface area is 537 Å². The molecule has 1 aromatic heterocycles. The van der Waals surface area contributed by atoms with Gasteiger partial charge in [0.05, 0.1) is 19.5 Å². The molecule has 6 rings (SSSR count). The summed E-state index contributed by atoms with van der Waals surface area (Å²) < 4.78 is 6.22. The summed E-state index contributed by atoms with van der Waals surface area (Å²) in [5, 5.41) is 28.9. The molecular weight excluding hydrogens is 1190 g/mol. The summed E-state index contributed by atoms with van der Waals surface area (Å²) in [6.45, 7) is 12.5. The van der Waals surface area contributed by atoms with Crippen LogP contribution in [0.5, 0.6) is 0 Å². The Hall–Kier alpha value is -8.06. The van der Waals surface area contributed by atoms with Crippen LogP contribution in [0.3, 0.4) is 0 Å². The van der Waals surface area contributed by atoms with E-state index in [1.807, 2.05) is 77.2 Å². The van der Waals surface area contributed by atoms with Crippen LogP contribution in [-0.4, -0.2) is 160 Å². The Morgan fingerprint density at radius 3 is 2.13 bits per heavy atom. The van der Waals surface area contributed by atoms with E-state index in [1.54, 1.807) is 36.4 Å². The largest absolute Gasteiger partial charge is 0.481 e. The molecule has 9 atom stereocenters. The number of amides is 10. The smallest absolute Gasteiger partial charge is 0.312 e. The van der Waals surface area contributed by atoms with Gasteiger partial charge in [0.1, 0.15) is 34.7 Å². The van der Waals surface area contributed by atoms with Gasteiger partial charge in [-0.2, -0.15) is 0 Å². The molecule has 91 heavy (non-hydrogen) atoms. The van der Waals surface area contributed by atoms with Gasteiger partial charge in [0.15, 0.2) is 12.1 Å². The van der Waals surface area contributed by atoms with Crippen LogP contribution in [0, 0.1) is 23.2 Å². The van der Waals surface area contributed by atoms with Crippen molar-refractivity contribution in [2.75, 3.05) is 45.6 Å². The molecule has 2 fully saturated rings. The molecule has 0 radical (unpaired) electrons. The number of thiazole rings is 1. The molecule has 3 aromatic rings. The number of esters is 1. The number of imide groups is 1. The first-order valence-electron chi connectivity index (χ1n) is 31.9. The van der Waals surface area contributed by atoms with E-state index < -0.39 is 89.2 Å². The van der Waals surface area contributed by atoms with Gasteiger partial charge in [0, 0.05) is 87.3 Å². The standard InChI is InChI=1S/C66H93N11O13S/c1-9-42(4)56(61(84)75(7)51(41(2)3)38-53(90-44(6)78)60-72-50(40-91-60)58(82)71-48(36-43(5)62(85)86)37-45-20-12-10-13-21-45)74-59(83)52-23-14-17-35-77(52,8)39-46-24-26-47(27-25-46)70-57(81)49(22-18-33-69-65(67)89)73-64(88)66(30-19-31-66)63(87)68-32-15-11-16-34-76-54(79)28-29-55(76)80/h10,12-13,20-21,24-29,40-43,48-49,51-53,56H,9,11,14-19,22-23,30-39H2,1-8H3,(H8-,67,68,69,70,71,73,74,81,82,83,85,86,87,88,89)/p+1/t42-,43-,48+,49-,51?,52+,53?,56-,77?/m0/s1. The lowest BCUT2D eigenvalue weighted by Crippen LogP contribution is -2.63. The zero-order valence-electron chi connectivity index (χ0n) is 53.9. The van der Waals surface area contributed by atoms with E-state index in [4.69, 9.17) is 10.5 Å². The molecule has 0 bridgehead atoms. The highest BCUT2D eigenvalue weighted by molar-refractivity contribution is 7.09. The molecule has 1 aliphatic carbocycles. The molecule has 25 heteroatoms. The molecule has 24 nitrogen and oxygen atoms in total. The number of carbonyl (C=O) groups excluding carboxylic acids is 10. The number of carboxylic acids is 1. The number of nitrogens with two attached hydrogens (primary N) is 1. The summed E-state index contributed by atoms with van der Waals surface area (Å²) >= 11 is 1.14. The van der Waals surface area contributed by atoms with Crippen LogP contribution >= 0.6 is 11.3 Å². The van der Waals surface area contributed by atoms with Crippen LogP contribution in [0.25, 0.3) is 0 Å². The predicted molar refractivity (Wildman–Crippen MR) is 342 cm³/mol. The first-order valence-corrected chi connectivity index (χ1v) is 32.8. The third-order valence-electron chi connectivity index (χ3n) is 18.0. The summed E-state index contributed by atoms with van der Waals surface area (Å²) in [5.74, 6) is -6.05. The van der Waals surface area contributed by atoms with Crippen molar-refractivity contribution >= 4 is 82.3 Å². The van der Waals surface area contributed by atoms with Crippen LogP contribution < -0.4 is 37.6 Å². The van der Waals surface area contributed by atoms with Gasteiger partial charge in [-0.15, -0.1) is 11.3 Å². The van der Waals surface area contributed by atoms with Gasteiger partial charge < -0.3 is 56.9 Å². The van der Waals surface area contributed by atoms with Crippen molar-refractivity contribution in [2.24, 2.45) is 28.9 Å². The number of nitrogens with zero attached hydrogens (tertiary/aromatic N) is 4. The van der Waals surface area contributed by atoms with E-state index in [2.05, 4.69) is 36.9 Å². The number of rotatable bonds is 35. The second-order valence-electron chi connectivity index (χ2n) is 25.3. The Balaban J connectivity index is 1.09. The van der Waals surface area contributed by atoms with E-state index in [0.717, 1.165) is 35.3 Å². The molecule has 3 heterocycles. The van der Waals surface area contributed by atoms with Crippen LogP contribution in [0.2, 0.25) is 0 Å². The van der Waals surface area contributed by atoms with E-state index in [0.29, 0.717) is 86.1 Å². The third-order valence-corrected chi connectivity index (χ3v) is 19.0. The number of carboxylic acid groups (broad SMARTS) is 1. The number of quaternary nitrogens is 1. The second-order valence-corrected chi connectivity index (χ2v) is 26.2. The summed E-state index contributed by atoms with van der Waals surface area (Å²) in [4.78, 5) is 152. The SMILES string of the molecule is CC[C@H](C)[C@H](NC(=O)[C@H]1CCCC[N+]1(C)Cc1ccc(NC(=O)[C@H](CCCNC(N)=O)NC(=O)C2(C(=O)NCCCCCN3C(=O)C=CC3=O)CCC2)cc1)C(=O)N(C)C(CC(OC(C)=O)c1nc(C(=O)N[C@@H](Cc2ccccc2)C[C@H](C)C(=O)O)cs1)C(C)C. The minimum Gasteiger partial charge on any atom is -0.481 e. The topological polar surface area (TPSA) is 335 Å². The minimum atomic E-state index is -1.37. The van der Waals surface area contributed by atoms with Gasteiger partial charge >= 0.3 is 18.0 Å². The van der Waals surface area contributed by atoms with E-state index in [1.165, 1.54) is 24.0 Å². The van der Waals surface area contributed by atoms with Gasteiger partial charge in [-0.25, -0.2) is 9.78 Å². The number of ether oxygens (including phenoxy) is 1. The van der Waals surface area contributed by atoms with Crippen LogP contribution in [0.4, 0.5) is 10.5 Å². The Kier molecular flexibility index (Phi) is 26.8. The van der Waals surface area contributed by atoms with Gasteiger partial charge in [-0.05, 0) is 100 Å². The fraction of sp³-hybridized carbons (Fsp3) is 0.576. The number of nitrogens with one attached hydrogen (secondary N) is 6. The van der Waals surface area contributed by atoms with Crippen LogP contribution in [-0.2, 0) is 60.9 Å². The van der Waals surface area contributed by atoms with E-state index in [-0.39, 0.29) is 86.5 Å². The lowest BCUT2D eigenvalue weighted by molar-refractivity contribution is -0.942. The van der Waals surface area contributed by atoms with Crippen molar-refractivity contribution in [2.45, 2.75) is 181 Å².